The van der Waals surface area contributed by atoms with Gasteiger partial charge in [-0.15, -0.1) is 0 Å². The zero-order valence-electron chi connectivity index (χ0n) is 29.8. The van der Waals surface area contributed by atoms with Crippen molar-refractivity contribution in [2.45, 2.75) is 52.5 Å². The third-order valence-corrected chi connectivity index (χ3v) is 8.42. The van der Waals surface area contributed by atoms with E-state index in [1.54, 1.807) is 57.2 Å². The first-order valence-electron chi connectivity index (χ1n) is 17.0. The smallest absolute Gasteiger partial charge is 0.360 e. The van der Waals surface area contributed by atoms with Crippen molar-refractivity contribution in [1.29, 1.82) is 5.41 Å². The Morgan fingerprint density at radius 3 is 2.35 bits per heavy atom. The Morgan fingerprint density at radius 1 is 1.02 bits per heavy atom. The second-order valence-electron chi connectivity index (χ2n) is 12.6. The molecule has 0 saturated heterocycles. The fraction of sp³-hybridized carbons (Fsp3) is 0.359. The third-order valence-electron chi connectivity index (χ3n) is 8.42. The van der Waals surface area contributed by atoms with Crippen molar-refractivity contribution >= 4 is 41.4 Å². The third kappa shape index (κ3) is 10.2. The summed E-state index contributed by atoms with van der Waals surface area (Å²) in [6, 6.07) is 11.9. The summed E-state index contributed by atoms with van der Waals surface area (Å²) in [7, 11) is 1.45. The molecule has 0 unspecified atom stereocenters. The fourth-order valence-electron chi connectivity index (χ4n) is 5.14. The van der Waals surface area contributed by atoms with Crippen molar-refractivity contribution in [3.05, 3.63) is 88.8 Å². The van der Waals surface area contributed by atoms with Crippen LogP contribution in [0.4, 0.5) is 0 Å². The number of benzene rings is 2. The Bertz CT molecular complexity index is 1850. The number of carbonyl (C=O) groups is 5. The van der Waals surface area contributed by atoms with Crippen LogP contribution < -0.4 is 15.8 Å². The van der Waals surface area contributed by atoms with Gasteiger partial charge in [-0.05, 0) is 72.6 Å². The van der Waals surface area contributed by atoms with E-state index in [-0.39, 0.29) is 64.9 Å². The van der Waals surface area contributed by atoms with Crippen LogP contribution in [-0.2, 0) is 30.2 Å². The van der Waals surface area contributed by atoms with Gasteiger partial charge in [-0.1, -0.05) is 50.8 Å². The van der Waals surface area contributed by atoms with Gasteiger partial charge < -0.3 is 35.4 Å². The highest BCUT2D eigenvalue weighted by atomic mass is 16.7. The van der Waals surface area contributed by atoms with E-state index < -0.39 is 36.6 Å². The van der Waals surface area contributed by atoms with E-state index in [0.717, 1.165) is 12.8 Å². The maximum atomic E-state index is 14.0. The first kappa shape index (κ1) is 39.1. The number of pyridine rings is 1. The van der Waals surface area contributed by atoms with Gasteiger partial charge in [-0.25, -0.2) is 9.78 Å². The number of Topliss-reactive ketones (excluding diaryl/α,β-unsaturated/α-hetero) is 1. The highest BCUT2D eigenvalue weighted by Crippen LogP contribution is 2.35. The molecule has 1 atom stereocenters. The van der Waals surface area contributed by atoms with Gasteiger partial charge >= 0.3 is 17.9 Å². The fourth-order valence-corrected chi connectivity index (χ4v) is 5.14. The molecule has 1 fully saturated rings. The summed E-state index contributed by atoms with van der Waals surface area (Å²) in [6.07, 6.45) is 3.32. The number of hydrogen-bond acceptors (Lipinski definition) is 12. The van der Waals surface area contributed by atoms with E-state index in [0.29, 0.717) is 34.9 Å². The SMILES string of the molecule is C=Cc1cc(C(=O)Cc2ccc(C(=N)CC(=O)OCC)cc2)c(-c2ccc(C(=O)NCC3CC3)nc2C(=O)OCOC(=O)[C@@H](N)C(C)C)cc1OC. The van der Waals surface area contributed by atoms with Crippen molar-refractivity contribution in [3.63, 3.8) is 0 Å². The van der Waals surface area contributed by atoms with Crippen molar-refractivity contribution in [3.8, 4) is 16.9 Å². The molecule has 3 aromatic rings. The number of ketones is 1. The average molecular weight is 713 g/mol. The second kappa shape index (κ2) is 18.0. The van der Waals surface area contributed by atoms with Crippen LogP contribution in [0.25, 0.3) is 17.2 Å². The van der Waals surface area contributed by atoms with Crippen molar-refractivity contribution in [2.24, 2.45) is 17.6 Å². The lowest BCUT2D eigenvalue weighted by molar-refractivity contribution is -0.154. The minimum Gasteiger partial charge on any atom is -0.496 e. The van der Waals surface area contributed by atoms with E-state index in [2.05, 4.69) is 16.9 Å². The maximum absolute atomic E-state index is 14.0. The van der Waals surface area contributed by atoms with Crippen molar-refractivity contribution in [2.75, 3.05) is 27.1 Å². The summed E-state index contributed by atoms with van der Waals surface area (Å²) in [5.74, 6) is -2.55. The van der Waals surface area contributed by atoms with Crippen LogP contribution in [0.1, 0.15) is 88.1 Å². The van der Waals surface area contributed by atoms with E-state index >= 15 is 0 Å². The lowest BCUT2D eigenvalue weighted by Gasteiger charge is -2.17. The normalized spacial score (nSPS) is 12.7. The Kier molecular flexibility index (Phi) is 13.5. The molecule has 2 aromatic carbocycles. The van der Waals surface area contributed by atoms with Crippen LogP contribution in [-0.4, -0.2) is 73.4 Å². The maximum Gasteiger partial charge on any atom is 0.360 e. The topological polar surface area (TPSA) is 197 Å². The molecular formula is C39H44N4O9. The number of aromatic nitrogens is 1. The Hall–Kier alpha value is -5.69. The molecule has 0 bridgehead atoms. The van der Waals surface area contributed by atoms with Gasteiger partial charge in [0.25, 0.3) is 5.91 Å². The van der Waals surface area contributed by atoms with Gasteiger partial charge in [-0.2, -0.15) is 0 Å². The van der Waals surface area contributed by atoms with E-state index in [9.17, 15) is 24.0 Å². The predicted octanol–water partition coefficient (Wildman–Crippen LogP) is 4.93. The van der Waals surface area contributed by atoms with Crippen molar-refractivity contribution < 1.29 is 42.9 Å². The number of ether oxygens (including phenoxy) is 4. The molecule has 0 aliphatic heterocycles. The summed E-state index contributed by atoms with van der Waals surface area (Å²) in [5.41, 5.74) is 7.86. The van der Waals surface area contributed by atoms with Crippen LogP contribution in [0.15, 0.2) is 55.1 Å². The van der Waals surface area contributed by atoms with Gasteiger partial charge in [0.15, 0.2) is 11.5 Å². The summed E-state index contributed by atoms with van der Waals surface area (Å²) in [4.78, 5) is 69.2. The van der Waals surface area contributed by atoms with E-state index in [1.165, 1.54) is 25.3 Å². The van der Waals surface area contributed by atoms with Gasteiger partial charge in [0.05, 0.1) is 20.1 Å². The quantitative estimate of drug-likeness (QED) is 0.0700. The first-order chi connectivity index (χ1) is 24.9. The van der Waals surface area contributed by atoms with Crippen LogP contribution in [0.2, 0.25) is 0 Å². The van der Waals surface area contributed by atoms with Crippen LogP contribution in [0, 0.1) is 17.2 Å². The molecule has 0 spiro atoms. The second-order valence-corrected chi connectivity index (χ2v) is 12.6. The molecule has 1 aliphatic rings. The molecule has 0 radical (unpaired) electrons. The number of amides is 1. The van der Waals surface area contributed by atoms with Crippen LogP contribution >= 0.6 is 0 Å². The number of nitrogens with zero attached hydrogens (tertiary/aromatic N) is 1. The zero-order valence-corrected chi connectivity index (χ0v) is 29.8. The van der Waals surface area contributed by atoms with Gasteiger partial charge in [0, 0.05) is 35.4 Å². The van der Waals surface area contributed by atoms with Crippen LogP contribution in [0.5, 0.6) is 5.75 Å². The molecule has 13 heteroatoms. The number of esters is 3. The summed E-state index contributed by atoms with van der Waals surface area (Å²) >= 11 is 0. The molecule has 274 valence electrons. The van der Waals surface area contributed by atoms with E-state index in [4.69, 9.17) is 30.1 Å². The Balaban J connectivity index is 1.70. The number of hydrogen-bond donors (Lipinski definition) is 3. The lowest BCUT2D eigenvalue weighted by Crippen LogP contribution is -2.37. The lowest BCUT2D eigenvalue weighted by atomic mass is 9.90. The number of nitrogens with two attached hydrogens (primary N) is 1. The Morgan fingerprint density at radius 2 is 1.73 bits per heavy atom. The molecule has 1 amide bonds. The van der Waals surface area contributed by atoms with Gasteiger partial charge in [-0.3, -0.25) is 19.2 Å². The molecule has 1 heterocycles. The molecule has 13 nitrogen and oxygen atoms in total. The molecule has 1 aromatic heterocycles. The summed E-state index contributed by atoms with van der Waals surface area (Å²) < 4.78 is 20.9. The molecular weight excluding hydrogens is 668 g/mol. The molecule has 1 aliphatic carbocycles. The standard InChI is InChI=1S/C39H44N4O9/c1-6-25-17-29(32(44)16-23-10-12-26(13-11-23)30(40)19-34(45)50-7-2)28(18-33(25)49-5)27-14-15-31(37(46)42-20-24-8-9-24)43-36(27)39(48)52-21-51-38(47)35(41)22(3)4/h6,10-15,17-18,22,24,35,40H,1,7-9,16,19-21,41H2,2-5H3,(H,42,46)/t35-/m0/s1. The molecule has 1 saturated carbocycles. The molecule has 4 N–H and O–H groups in total. The highest BCUT2D eigenvalue weighted by Gasteiger charge is 2.27. The average Bonchev–Trinajstić information content (AvgIpc) is 3.97. The number of nitrogens with one attached hydrogen (secondary N) is 2. The Labute approximate surface area is 302 Å². The van der Waals surface area contributed by atoms with Crippen molar-refractivity contribution in [1.82, 2.24) is 10.3 Å². The van der Waals surface area contributed by atoms with Gasteiger partial charge in [0.2, 0.25) is 6.79 Å². The minimum atomic E-state index is -1.01. The summed E-state index contributed by atoms with van der Waals surface area (Å²) in [6.45, 7) is 8.96. The number of carbonyl (C=O) groups excluding carboxylic acids is 5. The monoisotopic (exact) mass is 712 g/mol. The zero-order chi connectivity index (χ0) is 37.9. The van der Waals surface area contributed by atoms with E-state index in [1.807, 2.05) is 0 Å². The predicted molar refractivity (Wildman–Crippen MR) is 193 cm³/mol. The molecule has 52 heavy (non-hydrogen) atoms. The largest absolute Gasteiger partial charge is 0.496 e. The highest BCUT2D eigenvalue weighted by molar-refractivity contribution is 6.09. The first-order valence-corrected chi connectivity index (χ1v) is 17.0. The summed E-state index contributed by atoms with van der Waals surface area (Å²) in [5, 5.41) is 11.1. The number of rotatable bonds is 18. The van der Waals surface area contributed by atoms with Gasteiger partial charge in [0.1, 0.15) is 17.5 Å². The minimum absolute atomic E-state index is 0.0497. The van der Waals surface area contributed by atoms with Crippen LogP contribution in [0.3, 0.4) is 0 Å². The number of methoxy groups -OCH3 is 1. The molecule has 4 rings (SSSR count).